The Morgan fingerprint density at radius 3 is 2.14 bits per heavy atom. The summed E-state index contributed by atoms with van der Waals surface area (Å²) in [5.74, 6) is 0. The average Bonchev–Trinajstić information content (AvgIpc) is 2.50. The topological polar surface area (TPSA) is 49.6 Å². The first-order valence-electron chi connectivity index (χ1n) is 7.07. The highest BCUT2D eigenvalue weighted by molar-refractivity contribution is 7.99. The van der Waals surface area contributed by atoms with Crippen LogP contribution in [0.3, 0.4) is 0 Å². The number of hydrogen-bond acceptors (Lipinski definition) is 4. The third-order valence-corrected chi connectivity index (χ3v) is 3.85. The average molecular weight is 319 g/mol. The molecule has 22 heavy (non-hydrogen) atoms. The maximum absolute atomic E-state index is 8.46. The smallest absolute Gasteiger partial charge is 0.257 e. The van der Waals surface area contributed by atoms with Gasteiger partial charge in [-0.15, -0.1) is 11.8 Å². The molecule has 0 spiro atoms. The Morgan fingerprint density at radius 1 is 1.09 bits per heavy atom. The lowest BCUT2D eigenvalue weighted by molar-refractivity contribution is -0.788. The Labute approximate surface area is 134 Å². The van der Waals surface area contributed by atoms with Crippen LogP contribution in [-0.4, -0.2) is 16.7 Å². The fourth-order valence-corrected chi connectivity index (χ4v) is 2.66. The number of thioether (sulfide) groups is 1. The third-order valence-electron chi connectivity index (χ3n) is 2.84. The molecule has 0 aromatic carbocycles. The van der Waals surface area contributed by atoms with Gasteiger partial charge in [-0.2, -0.15) is 9.13 Å². The SMILES string of the molecule is CC(C)Sc1cc[n+](COC[n+]2ccc(/C=N/O)cc2)cc1. The summed E-state index contributed by atoms with van der Waals surface area (Å²) in [4.78, 5) is 1.27. The van der Waals surface area contributed by atoms with Crippen LogP contribution < -0.4 is 9.13 Å². The van der Waals surface area contributed by atoms with E-state index in [2.05, 4.69) is 31.1 Å². The van der Waals surface area contributed by atoms with Gasteiger partial charge in [-0.3, -0.25) is 4.74 Å². The lowest BCUT2D eigenvalue weighted by atomic mass is 10.3. The van der Waals surface area contributed by atoms with Crippen LogP contribution in [0, 0.1) is 0 Å². The van der Waals surface area contributed by atoms with Crippen LogP contribution in [0.1, 0.15) is 19.4 Å². The molecule has 0 saturated carbocycles. The van der Waals surface area contributed by atoms with Crippen molar-refractivity contribution in [1.82, 2.24) is 0 Å². The first-order chi connectivity index (χ1) is 10.7. The van der Waals surface area contributed by atoms with Gasteiger partial charge in [0.15, 0.2) is 24.8 Å². The number of hydrogen-bond donors (Lipinski definition) is 1. The number of oxime groups is 1. The van der Waals surface area contributed by atoms with E-state index in [1.807, 2.05) is 57.8 Å². The summed E-state index contributed by atoms with van der Waals surface area (Å²) in [5.41, 5.74) is 0.839. The Morgan fingerprint density at radius 2 is 1.64 bits per heavy atom. The molecule has 1 N–H and O–H groups in total. The predicted molar refractivity (Wildman–Crippen MR) is 84.7 cm³/mol. The second-order valence-electron chi connectivity index (χ2n) is 5.07. The summed E-state index contributed by atoms with van der Waals surface area (Å²) in [5, 5.41) is 12.0. The molecular formula is C16H21N3O2S+2. The third kappa shape index (κ3) is 5.46. The van der Waals surface area contributed by atoms with Crippen molar-refractivity contribution in [3.8, 4) is 0 Å². The van der Waals surface area contributed by atoms with Crippen molar-refractivity contribution >= 4 is 18.0 Å². The predicted octanol–water partition coefficient (Wildman–Crippen LogP) is 2.20. The van der Waals surface area contributed by atoms with E-state index in [4.69, 9.17) is 9.94 Å². The molecule has 0 aliphatic rings. The standard InChI is InChI=1S/C16H20N3O2S/c1-14(2)22-16-5-9-19(10-6-16)13-21-12-18-7-3-15(4-8-18)11-17-20/h3-11,14H,12-13H2,1-2H3/q+1/p+1. The van der Waals surface area contributed by atoms with Gasteiger partial charge in [-0.1, -0.05) is 19.0 Å². The summed E-state index contributed by atoms with van der Waals surface area (Å²) in [6.07, 6.45) is 9.19. The van der Waals surface area contributed by atoms with Crippen LogP contribution in [0.2, 0.25) is 0 Å². The highest BCUT2D eigenvalue weighted by Crippen LogP contribution is 2.20. The molecule has 0 aliphatic heterocycles. The van der Waals surface area contributed by atoms with E-state index in [0.29, 0.717) is 18.7 Å². The normalized spacial score (nSPS) is 11.4. The second kappa shape index (κ2) is 8.51. The monoisotopic (exact) mass is 319 g/mol. The minimum atomic E-state index is 0.464. The van der Waals surface area contributed by atoms with Gasteiger partial charge in [0, 0.05) is 40.0 Å². The number of ether oxygens (including phenoxy) is 1. The van der Waals surface area contributed by atoms with Gasteiger partial charge in [0.1, 0.15) is 0 Å². The van der Waals surface area contributed by atoms with Crippen molar-refractivity contribution in [2.45, 2.75) is 37.5 Å². The van der Waals surface area contributed by atoms with Gasteiger partial charge in [0.05, 0.1) is 6.21 Å². The summed E-state index contributed by atoms with van der Waals surface area (Å²) < 4.78 is 9.58. The van der Waals surface area contributed by atoms with Crippen molar-refractivity contribution in [3.63, 3.8) is 0 Å². The minimum absolute atomic E-state index is 0.464. The molecule has 0 aliphatic carbocycles. The Balaban J connectivity index is 1.80. The van der Waals surface area contributed by atoms with Gasteiger partial charge >= 0.3 is 0 Å². The van der Waals surface area contributed by atoms with Crippen molar-refractivity contribution in [2.75, 3.05) is 0 Å². The molecule has 0 fully saturated rings. The largest absolute Gasteiger partial charge is 0.411 e. The number of pyridine rings is 2. The van der Waals surface area contributed by atoms with Crippen molar-refractivity contribution in [1.29, 1.82) is 0 Å². The Bertz CT molecular complexity index is 598. The molecule has 0 unspecified atom stereocenters. The van der Waals surface area contributed by atoms with E-state index in [9.17, 15) is 0 Å². The van der Waals surface area contributed by atoms with E-state index in [-0.39, 0.29) is 0 Å². The van der Waals surface area contributed by atoms with E-state index < -0.39 is 0 Å². The van der Waals surface area contributed by atoms with Crippen LogP contribution in [0.15, 0.2) is 59.1 Å². The first kappa shape index (κ1) is 16.5. The second-order valence-corrected chi connectivity index (χ2v) is 6.72. The minimum Gasteiger partial charge on any atom is -0.411 e. The molecular weight excluding hydrogens is 298 g/mol. The number of aromatic nitrogens is 2. The molecule has 0 bridgehead atoms. The van der Waals surface area contributed by atoms with Gasteiger partial charge in [0.25, 0.3) is 13.5 Å². The lowest BCUT2D eigenvalue weighted by Gasteiger charge is -2.03. The molecule has 116 valence electrons. The molecule has 0 amide bonds. The van der Waals surface area contributed by atoms with Crippen LogP contribution in [0.4, 0.5) is 0 Å². The quantitative estimate of drug-likeness (QED) is 0.280. The van der Waals surface area contributed by atoms with Gasteiger partial charge < -0.3 is 5.21 Å². The van der Waals surface area contributed by atoms with E-state index in [1.165, 1.54) is 11.1 Å². The molecule has 0 saturated heterocycles. The zero-order chi connectivity index (χ0) is 15.8. The highest BCUT2D eigenvalue weighted by atomic mass is 32.2. The van der Waals surface area contributed by atoms with Crippen LogP contribution in [0.5, 0.6) is 0 Å². The van der Waals surface area contributed by atoms with E-state index in [0.717, 1.165) is 5.56 Å². The number of rotatable bonds is 7. The zero-order valence-electron chi connectivity index (χ0n) is 12.8. The molecule has 0 atom stereocenters. The lowest BCUT2D eigenvalue weighted by Crippen LogP contribution is -2.40. The molecule has 2 aromatic rings. The molecule has 2 rings (SSSR count). The molecule has 2 aromatic heterocycles. The maximum Gasteiger partial charge on any atom is 0.257 e. The fourth-order valence-electron chi connectivity index (χ4n) is 1.84. The van der Waals surface area contributed by atoms with E-state index in [1.54, 1.807) is 0 Å². The summed E-state index contributed by atoms with van der Waals surface area (Å²) in [6, 6.07) is 7.91. The van der Waals surface area contributed by atoms with Gasteiger partial charge in [0.2, 0.25) is 0 Å². The fraction of sp³-hybridized carbons (Fsp3) is 0.312. The Kier molecular flexibility index (Phi) is 6.36. The van der Waals surface area contributed by atoms with Crippen molar-refractivity contribution in [2.24, 2.45) is 5.16 Å². The summed E-state index contributed by atoms with van der Waals surface area (Å²) in [6.45, 7) is 5.33. The molecule has 6 heteroatoms. The first-order valence-corrected chi connectivity index (χ1v) is 7.95. The van der Waals surface area contributed by atoms with Crippen LogP contribution >= 0.6 is 11.8 Å². The Hall–Kier alpha value is -1.92. The van der Waals surface area contributed by atoms with Crippen molar-refractivity contribution in [3.05, 3.63) is 54.6 Å². The van der Waals surface area contributed by atoms with Gasteiger partial charge in [-0.05, 0) is 0 Å². The molecule has 5 nitrogen and oxygen atoms in total. The molecule has 2 heterocycles. The highest BCUT2D eigenvalue weighted by Gasteiger charge is 2.05. The van der Waals surface area contributed by atoms with Crippen LogP contribution in [-0.2, 0) is 18.2 Å². The number of nitrogens with zero attached hydrogens (tertiary/aromatic N) is 3. The molecule has 0 radical (unpaired) electrons. The zero-order valence-corrected chi connectivity index (χ0v) is 13.6. The summed E-state index contributed by atoms with van der Waals surface area (Å²) >= 11 is 1.85. The van der Waals surface area contributed by atoms with E-state index >= 15 is 0 Å². The van der Waals surface area contributed by atoms with Gasteiger partial charge in [-0.25, -0.2) is 0 Å². The maximum atomic E-state index is 8.46. The summed E-state index contributed by atoms with van der Waals surface area (Å²) in [7, 11) is 0. The van der Waals surface area contributed by atoms with Crippen LogP contribution in [0.25, 0.3) is 0 Å². The van der Waals surface area contributed by atoms with Crippen molar-refractivity contribution < 1.29 is 19.1 Å².